The predicted octanol–water partition coefficient (Wildman–Crippen LogP) is 1.85. The second kappa shape index (κ2) is 6.17. The number of aliphatic imine (C=N–C) groups is 1. The van der Waals surface area contributed by atoms with E-state index in [2.05, 4.69) is 4.99 Å². The fourth-order valence-electron chi connectivity index (χ4n) is 4.20. The minimum Gasteiger partial charge on any atom is -0.458 e. The van der Waals surface area contributed by atoms with Crippen LogP contribution in [-0.2, 0) is 19.1 Å². The van der Waals surface area contributed by atoms with Crippen molar-refractivity contribution >= 4 is 18.0 Å². The molecule has 0 aromatic carbocycles. The van der Waals surface area contributed by atoms with Gasteiger partial charge in [-0.05, 0) is 46.0 Å². The van der Waals surface area contributed by atoms with E-state index >= 15 is 0 Å². The number of amides is 1. The molecule has 2 aliphatic carbocycles. The summed E-state index contributed by atoms with van der Waals surface area (Å²) in [6.45, 7) is 6.02. The number of rotatable bonds is 3. The van der Waals surface area contributed by atoms with Crippen molar-refractivity contribution in [3.63, 3.8) is 0 Å². The van der Waals surface area contributed by atoms with Gasteiger partial charge in [0.1, 0.15) is 11.6 Å². The number of nitrogens with zero attached hydrogens (tertiary/aromatic N) is 2. The van der Waals surface area contributed by atoms with Crippen LogP contribution in [0.15, 0.2) is 17.1 Å². The smallest absolute Gasteiger partial charge is 0.329 e. The van der Waals surface area contributed by atoms with Gasteiger partial charge in [0.15, 0.2) is 0 Å². The van der Waals surface area contributed by atoms with Crippen molar-refractivity contribution in [3.05, 3.63) is 12.2 Å². The maximum absolute atomic E-state index is 13.1. The summed E-state index contributed by atoms with van der Waals surface area (Å²) >= 11 is 0. The van der Waals surface area contributed by atoms with Crippen LogP contribution in [-0.4, -0.2) is 47.1 Å². The molecule has 24 heavy (non-hydrogen) atoms. The van der Waals surface area contributed by atoms with E-state index in [9.17, 15) is 14.4 Å². The number of isocyanates is 1. The third-order valence-corrected chi connectivity index (χ3v) is 5.12. The molecule has 1 heterocycles. The molecule has 6 heteroatoms. The fraction of sp³-hybridized carbons (Fsp3) is 0.722. The maximum atomic E-state index is 13.1. The molecule has 2 fully saturated rings. The van der Waals surface area contributed by atoms with Gasteiger partial charge in [-0.2, -0.15) is 0 Å². The highest BCUT2D eigenvalue weighted by molar-refractivity contribution is 5.88. The molecule has 0 aromatic heterocycles. The first-order valence-electron chi connectivity index (χ1n) is 8.60. The topological polar surface area (TPSA) is 76.0 Å². The van der Waals surface area contributed by atoms with Gasteiger partial charge in [-0.3, -0.25) is 4.79 Å². The lowest BCUT2D eigenvalue weighted by Gasteiger charge is -2.32. The van der Waals surface area contributed by atoms with Crippen molar-refractivity contribution in [2.45, 2.75) is 57.7 Å². The summed E-state index contributed by atoms with van der Waals surface area (Å²) in [7, 11) is 0. The maximum Gasteiger partial charge on any atom is 0.329 e. The standard InChI is InChI=1S/C18H24N2O4/c1-18(2,3)24-17(23)13-5-4-8-20(13)16(22)14-11-6-7-12(9-11)15(14)19-10-21/h6-7,11-15H,4-5,8-9H2,1-3H3/t11-,12+,13+,14-,15+/m1/s1. The molecule has 5 atom stereocenters. The second-order valence-corrected chi connectivity index (χ2v) is 7.91. The van der Waals surface area contributed by atoms with Gasteiger partial charge in [0.25, 0.3) is 0 Å². The van der Waals surface area contributed by atoms with Crippen molar-refractivity contribution in [2.24, 2.45) is 22.7 Å². The van der Waals surface area contributed by atoms with Gasteiger partial charge >= 0.3 is 5.97 Å². The van der Waals surface area contributed by atoms with Crippen molar-refractivity contribution < 1.29 is 19.1 Å². The predicted molar refractivity (Wildman–Crippen MR) is 86.7 cm³/mol. The largest absolute Gasteiger partial charge is 0.458 e. The highest BCUT2D eigenvalue weighted by Crippen LogP contribution is 2.46. The summed E-state index contributed by atoms with van der Waals surface area (Å²) in [5, 5.41) is 0. The lowest BCUT2D eigenvalue weighted by molar-refractivity contribution is -0.164. The van der Waals surface area contributed by atoms with E-state index in [0.29, 0.717) is 13.0 Å². The van der Waals surface area contributed by atoms with Crippen molar-refractivity contribution in [2.75, 3.05) is 6.54 Å². The number of carbonyl (C=O) groups is 2. The third kappa shape index (κ3) is 3.03. The summed E-state index contributed by atoms with van der Waals surface area (Å²) in [6.07, 6.45) is 7.95. The Labute approximate surface area is 141 Å². The molecule has 3 aliphatic rings. The van der Waals surface area contributed by atoms with Crippen LogP contribution < -0.4 is 0 Å². The van der Waals surface area contributed by atoms with E-state index < -0.39 is 11.6 Å². The van der Waals surface area contributed by atoms with Crippen LogP contribution in [0.25, 0.3) is 0 Å². The molecule has 0 spiro atoms. The minimum absolute atomic E-state index is 0.0794. The number of allylic oxidation sites excluding steroid dienone is 1. The molecule has 0 radical (unpaired) electrons. The van der Waals surface area contributed by atoms with Crippen LogP contribution in [0.3, 0.4) is 0 Å². The Morgan fingerprint density at radius 2 is 1.96 bits per heavy atom. The first kappa shape index (κ1) is 16.9. The molecule has 1 saturated heterocycles. The highest BCUT2D eigenvalue weighted by Gasteiger charge is 2.51. The van der Waals surface area contributed by atoms with Gasteiger partial charge in [-0.25, -0.2) is 14.6 Å². The summed E-state index contributed by atoms with van der Waals surface area (Å²) in [5.74, 6) is -0.548. The molecule has 6 nitrogen and oxygen atoms in total. The van der Waals surface area contributed by atoms with E-state index in [4.69, 9.17) is 4.74 Å². The van der Waals surface area contributed by atoms with Crippen LogP contribution in [0.1, 0.15) is 40.0 Å². The third-order valence-electron chi connectivity index (χ3n) is 5.12. The van der Waals surface area contributed by atoms with Crippen LogP contribution in [0.4, 0.5) is 0 Å². The van der Waals surface area contributed by atoms with Crippen LogP contribution in [0.2, 0.25) is 0 Å². The second-order valence-electron chi connectivity index (χ2n) is 7.91. The Morgan fingerprint density at radius 3 is 2.62 bits per heavy atom. The molecule has 1 aliphatic heterocycles. The van der Waals surface area contributed by atoms with E-state index in [1.807, 2.05) is 32.9 Å². The van der Waals surface area contributed by atoms with Gasteiger partial charge in [0.05, 0.1) is 12.0 Å². The Kier molecular flexibility index (Phi) is 4.35. The zero-order valence-corrected chi connectivity index (χ0v) is 14.4. The van der Waals surface area contributed by atoms with Crippen molar-refractivity contribution in [3.8, 4) is 0 Å². The first-order valence-corrected chi connectivity index (χ1v) is 8.60. The van der Waals surface area contributed by atoms with E-state index in [1.54, 1.807) is 11.0 Å². The molecule has 0 unspecified atom stereocenters. The van der Waals surface area contributed by atoms with Gasteiger partial charge in [0.2, 0.25) is 12.0 Å². The molecule has 1 amide bonds. The molecular formula is C18H24N2O4. The number of hydrogen-bond donors (Lipinski definition) is 0. The highest BCUT2D eigenvalue weighted by atomic mass is 16.6. The van der Waals surface area contributed by atoms with Gasteiger partial charge < -0.3 is 9.64 Å². The summed E-state index contributed by atoms with van der Waals surface area (Å²) in [4.78, 5) is 41.8. The zero-order chi connectivity index (χ0) is 17.5. The summed E-state index contributed by atoms with van der Waals surface area (Å²) in [5.41, 5.74) is -0.575. The number of likely N-dealkylation sites (tertiary alicyclic amines) is 1. The van der Waals surface area contributed by atoms with Crippen LogP contribution in [0.5, 0.6) is 0 Å². The monoisotopic (exact) mass is 332 g/mol. The average molecular weight is 332 g/mol. The first-order chi connectivity index (χ1) is 11.3. The van der Waals surface area contributed by atoms with E-state index in [0.717, 1.165) is 12.8 Å². The quantitative estimate of drug-likeness (QED) is 0.342. The normalized spacial score (nSPS) is 34.3. The molecule has 130 valence electrons. The fourth-order valence-corrected chi connectivity index (χ4v) is 4.20. The molecule has 0 aromatic rings. The summed E-state index contributed by atoms with van der Waals surface area (Å²) < 4.78 is 5.47. The van der Waals surface area contributed by atoms with Gasteiger partial charge in [-0.15, -0.1) is 0 Å². The number of carbonyl (C=O) groups excluding carboxylic acids is 3. The number of hydrogen-bond acceptors (Lipinski definition) is 5. The van der Waals surface area contributed by atoms with Gasteiger partial charge in [0, 0.05) is 12.5 Å². The molecule has 2 bridgehead atoms. The van der Waals surface area contributed by atoms with Crippen molar-refractivity contribution in [1.29, 1.82) is 0 Å². The van der Waals surface area contributed by atoms with Gasteiger partial charge in [-0.1, -0.05) is 12.2 Å². The molecule has 3 rings (SSSR count). The minimum atomic E-state index is -0.575. The number of fused-ring (bicyclic) bond motifs is 2. The SMILES string of the molecule is CC(C)(C)OC(=O)[C@@H]1CCCN1C(=O)[C@H]1[C@@H](N=C=O)[C@H]2C=C[C@@H]1C2. The average Bonchev–Trinajstić information content (AvgIpc) is 3.20. The van der Waals surface area contributed by atoms with E-state index in [-0.39, 0.29) is 35.7 Å². The van der Waals surface area contributed by atoms with Crippen molar-refractivity contribution in [1.82, 2.24) is 4.90 Å². The van der Waals surface area contributed by atoms with E-state index in [1.165, 1.54) is 0 Å². The number of esters is 1. The lowest BCUT2D eigenvalue weighted by Crippen LogP contribution is -2.48. The Balaban J connectivity index is 1.77. The Morgan fingerprint density at radius 1 is 1.25 bits per heavy atom. The Hall–Kier alpha value is -1.94. The molecule has 1 saturated carbocycles. The van der Waals surface area contributed by atoms with Crippen LogP contribution >= 0.6 is 0 Å². The van der Waals surface area contributed by atoms with Crippen LogP contribution in [0, 0.1) is 17.8 Å². The lowest BCUT2D eigenvalue weighted by atomic mass is 9.88. The zero-order valence-electron chi connectivity index (χ0n) is 14.4. The molecule has 0 N–H and O–H groups in total. The number of ether oxygens (including phenoxy) is 1. The summed E-state index contributed by atoms with van der Waals surface area (Å²) in [6, 6.07) is -0.870. The molecular weight excluding hydrogens is 308 g/mol. The Bertz CT molecular complexity index is 615.